The molecule has 3 atom stereocenters. The minimum atomic E-state index is -0.315. The van der Waals surface area contributed by atoms with Crippen molar-refractivity contribution in [3.8, 4) is 0 Å². The molecule has 2 aliphatic carbocycles. The third-order valence-electron chi connectivity index (χ3n) is 5.72. The van der Waals surface area contributed by atoms with E-state index in [0.717, 1.165) is 32.0 Å². The Labute approximate surface area is 147 Å². The number of rotatable bonds is 7. The van der Waals surface area contributed by atoms with Gasteiger partial charge in [-0.2, -0.15) is 10.1 Å². The summed E-state index contributed by atoms with van der Waals surface area (Å²) in [5.41, 5.74) is 1.23. The number of nitrogens with one attached hydrogen (secondary N) is 1. The molecule has 2 N–H and O–H groups in total. The van der Waals surface area contributed by atoms with Gasteiger partial charge in [0.05, 0.1) is 11.8 Å². The Morgan fingerprint density at radius 2 is 2.24 bits per heavy atom. The van der Waals surface area contributed by atoms with Crippen LogP contribution < -0.4 is 5.32 Å². The van der Waals surface area contributed by atoms with Gasteiger partial charge in [-0.25, -0.2) is 0 Å². The highest BCUT2D eigenvalue weighted by Gasteiger charge is 2.36. The zero-order chi connectivity index (χ0) is 17.2. The van der Waals surface area contributed by atoms with E-state index < -0.39 is 0 Å². The minimum absolute atomic E-state index is 0.173. The van der Waals surface area contributed by atoms with Gasteiger partial charge in [0.1, 0.15) is 0 Å². The zero-order valence-electron chi connectivity index (χ0n) is 14.8. The molecule has 0 radical (unpaired) electrons. The summed E-state index contributed by atoms with van der Waals surface area (Å²) in [6, 6.07) is 2.08. The highest BCUT2D eigenvalue weighted by molar-refractivity contribution is 5.03. The fourth-order valence-electron chi connectivity index (χ4n) is 3.98. The van der Waals surface area contributed by atoms with Crippen molar-refractivity contribution in [2.45, 2.75) is 64.1 Å². The third-order valence-corrected chi connectivity index (χ3v) is 5.72. The van der Waals surface area contributed by atoms with E-state index in [1.807, 2.05) is 13.1 Å². The van der Waals surface area contributed by atoms with Gasteiger partial charge in [-0.3, -0.25) is 4.68 Å². The molecule has 2 aromatic rings. The van der Waals surface area contributed by atoms with Crippen LogP contribution in [0, 0.1) is 18.8 Å². The van der Waals surface area contributed by atoms with Crippen molar-refractivity contribution >= 4 is 0 Å². The summed E-state index contributed by atoms with van der Waals surface area (Å²) in [5, 5.41) is 22.2. The Balaban J connectivity index is 1.26. The van der Waals surface area contributed by atoms with E-state index in [4.69, 9.17) is 4.52 Å². The highest BCUT2D eigenvalue weighted by Crippen LogP contribution is 2.37. The fourth-order valence-corrected chi connectivity index (χ4v) is 3.98. The Kier molecular flexibility index (Phi) is 4.85. The first kappa shape index (κ1) is 16.7. The lowest BCUT2D eigenvalue weighted by Crippen LogP contribution is -2.29. The van der Waals surface area contributed by atoms with E-state index in [0.29, 0.717) is 18.1 Å². The fraction of sp³-hybridized carbons (Fsp3) is 0.722. The number of aromatic nitrogens is 4. The van der Waals surface area contributed by atoms with Crippen molar-refractivity contribution < 1.29 is 9.63 Å². The van der Waals surface area contributed by atoms with E-state index in [1.54, 1.807) is 0 Å². The number of hydrogen-bond acceptors (Lipinski definition) is 6. The average Bonchev–Trinajstić information content (AvgIpc) is 3.25. The molecule has 7 heteroatoms. The Hall–Kier alpha value is -1.73. The van der Waals surface area contributed by atoms with E-state index in [9.17, 15) is 5.11 Å². The molecule has 0 amide bonds. The van der Waals surface area contributed by atoms with E-state index >= 15 is 0 Å². The summed E-state index contributed by atoms with van der Waals surface area (Å²) < 4.78 is 7.40. The van der Waals surface area contributed by atoms with Gasteiger partial charge in [0.15, 0.2) is 5.82 Å². The molecule has 0 saturated heterocycles. The molecule has 7 nitrogen and oxygen atoms in total. The number of hydrogen-bond donors (Lipinski definition) is 2. The summed E-state index contributed by atoms with van der Waals surface area (Å²) in [6.45, 7) is 4.44. The maximum atomic E-state index is 10.4. The summed E-state index contributed by atoms with van der Waals surface area (Å²) in [6.07, 6.45) is 7.18. The predicted molar refractivity (Wildman–Crippen MR) is 91.8 cm³/mol. The van der Waals surface area contributed by atoms with Crippen LogP contribution in [0.3, 0.4) is 0 Å². The molecule has 2 aliphatic rings. The second-order valence-corrected chi connectivity index (χ2v) is 7.61. The van der Waals surface area contributed by atoms with Crippen LogP contribution in [0.25, 0.3) is 0 Å². The molecule has 2 aromatic heterocycles. The smallest absolute Gasteiger partial charge is 0.229 e. The van der Waals surface area contributed by atoms with Gasteiger partial charge in [0.25, 0.3) is 0 Å². The minimum Gasteiger partial charge on any atom is -0.393 e. The van der Waals surface area contributed by atoms with Gasteiger partial charge in [-0.05, 0) is 50.5 Å². The molecule has 0 aliphatic heterocycles. The Bertz CT molecular complexity index is 693. The summed E-state index contributed by atoms with van der Waals surface area (Å²) >= 11 is 0. The molecule has 2 saturated carbocycles. The molecule has 0 aromatic carbocycles. The second-order valence-electron chi connectivity index (χ2n) is 7.61. The normalized spacial score (nSPS) is 26.9. The number of nitrogens with zero attached hydrogens (tertiary/aromatic N) is 4. The van der Waals surface area contributed by atoms with Crippen molar-refractivity contribution in [3.63, 3.8) is 0 Å². The molecule has 0 bridgehead atoms. The summed E-state index contributed by atoms with van der Waals surface area (Å²) in [5.74, 6) is 2.52. The van der Waals surface area contributed by atoms with E-state index in [-0.39, 0.29) is 17.9 Å². The van der Waals surface area contributed by atoms with Crippen molar-refractivity contribution in [2.75, 3.05) is 6.54 Å². The van der Waals surface area contributed by atoms with Gasteiger partial charge in [-0.15, -0.1) is 0 Å². The van der Waals surface area contributed by atoms with Gasteiger partial charge >= 0.3 is 0 Å². The molecule has 0 unspecified atom stereocenters. The molecule has 4 rings (SSSR count). The summed E-state index contributed by atoms with van der Waals surface area (Å²) in [4.78, 5) is 4.31. The lowest BCUT2D eigenvalue weighted by atomic mass is 9.85. The van der Waals surface area contributed by atoms with Crippen molar-refractivity contribution in [1.29, 1.82) is 0 Å². The molecule has 136 valence electrons. The topological polar surface area (TPSA) is 89.0 Å². The standard InChI is InChI=1S/C18H27N5O2/c1-12-21-18(25-22-12)14-7-15(17(24)8-14)9-19-10-16-5-6-20-23(16)11-13-3-2-4-13/h5-6,13-15,17,19,24H,2-4,7-11H2,1H3/t14-,15+,17+/m0/s1. The molecule has 2 heterocycles. The average molecular weight is 345 g/mol. The molecular weight excluding hydrogens is 318 g/mol. The Morgan fingerprint density at radius 1 is 1.36 bits per heavy atom. The SMILES string of the molecule is Cc1noc([C@H]2C[C@H](CNCc3ccnn3CC3CCC3)[C@H](O)C2)n1. The second kappa shape index (κ2) is 7.25. The maximum absolute atomic E-state index is 10.4. The highest BCUT2D eigenvalue weighted by atomic mass is 16.5. The number of aliphatic hydroxyl groups is 1. The van der Waals surface area contributed by atoms with E-state index in [2.05, 4.69) is 31.3 Å². The quantitative estimate of drug-likeness (QED) is 0.798. The first-order valence-corrected chi connectivity index (χ1v) is 9.38. The molecular formula is C18H27N5O2. The summed E-state index contributed by atoms with van der Waals surface area (Å²) in [7, 11) is 0. The lowest BCUT2D eigenvalue weighted by molar-refractivity contribution is 0.130. The maximum Gasteiger partial charge on any atom is 0.229 e. The van der Waals surface area contributed by atoms with Gasteiger partial charge in [0, 0.05) is 31.7 Å². The lowest BCUT2D eigenvalue weighted by Gasteiger charge is -2.26. The molecule has 2 fully saturated rings. The molecule has 25 heavy (non-hydrogen) atoms. The van der Waals surface area contributed by atoms with Crippen LogP contribution in [0.5, 0.6) is 0 Å². The Morgan fingerprint density at radius 3 is 2.96 bits per heavy atom. The third kappa shape index (κ3) is 3.77. The first-order chi connectivity index (χ1) is 12.2. The van der Waals surface area contributed by atoms with Gasteiger partial charge in [-0.1, -0.05) is 11.6 Å². The van der Waals surface area contributed by atoms with Crippen LogP contribution in [-0.4, -0.2) is 37.7 Å². The van der Waals surface area contributed by atoms with Crippen LogP contribution in [0.15, 0.2) is 16.8 Å². The monoisotopic (exact) mass is 345 g/mol. The van der Waals surface area contributed by atoms with Crippen molar-refractivity contribution in [3.05, 3.63) is 29.7 Å². The number of aryl methyl sites for hydroxylation is 1. The van der Waals surface area contributed by atoms with Crippen LogP contribution in [0.1, 0.15) is 55.4 Å². The predicted octanol–water partition coefficient (Wildman–Crippen LogP) is 2.02. The van der Waals surface area contributed by atoms with Crippen molar-refractivity contribution in [2.24, 2.45) is 11.8 Å². The van der Waals surface area contributed by atoms with Gasteiger partial charge in [0.2, 0.25) is 5.89 Å². The largest absolute Gasteiger partial charge is 0.393 e. The van der Waals surface area contributed by atoms with Crippen LogP contribution in [-0.2, 0) is 13.1 Å². The van der Waals surface area contributed by atoms with Crippen LogP contribution >= 0.6 is 0 Å². The molecule has 0 spiro atoms. The first-order valence-electron chi connectivity index (χ1n) is 9.38. The van der Waals surface area contributed by atoms with E-state index in [1.165, 1.54) is 25.0 Å². The zero-order valence-corrected chi connectivity index (χ0v) is 14.8. The van der Waals surface area contributed by atoms with Crippen LogP contribution in [0.4, 0.5) is 0 Å². The van der Waals surface area contributed by atoms with Crippen molar-refractivity contribution in [1.82, 2.24) is 25.2 Å². The van der Waals surface area contributed by atoms with Gasteiger partial charge < -0.3 is 14.9 Å². The van der Waals surface area contributed by atoms with Crippen LogP contribution in [0.2, 0.25) is 0 Å². The number of aliphatic hydroxyl groups excluding tert-OH is 1.